The van der Waals surface area contributed by atoms with E-state index in [-0.39, 0.29) is 23.0 Å². The highest BCUT2D eigenvalue weighted by molar-refractivity contribution is 6.02. The van der Waals surface area contributed by atoms with Crippen molar-refractivity contribution in [2.45, 2.75) is 47.5 Å². The molecule has 49 heavy (non-hydrogen) atoms. The lowest BCUT2D eigenvalue weighted by atomic mass is 9.95. The second kappa shape index (κ2) is 14.7. The fourth-order valence-electron chi connectivity index (χ4n) is 5.36. The van der Waals surface area contributed by atoms with Crippen molar-refractivity contribution >= 4 is 40.8 Å². The topological polar surface area (TPSA) is 145 Å². The lowest BCUT2D eigenvalue weighted by Crippen LogP contribution is -2.09. The number of ether oxygens (including phenoxy) is 5. The standard InChI is InChI=1S/C38H32O11/c1-21(39)44-29-13-11-27(12-14-29)38-37(28-18-30(45-22(2)40)20-31(19-28)46-23(3)41)33-17-26(10-16-36(33)49-38)9-15-32-34(47-24(4)42)7-6-8-35(32)48-25(5)43/h6-8,10-14,16-20H,9,15H2,1-5H3. The molecule has 0 aliphatic rings. The number of carbonyl (C=O) groups is 5. The van der Waals surface area contributed by atoms with E-state index < -0.39 is 29.8 Å². The Hall–Kier alpha value is -6.23. The molecular weight excluding hydrogens is 632 g/mol. The van der Waals surface area contributed by atoms with Gasteiger partial charge in [0.05, 0.1) is 0 Å². The molecule has 0 fully saturated rings. The van der Waals surface area contributed by atoms with E-state index in [0.717, 1.165) is 5.56 Å². The first-order chi connectivity index (χ1) is 23.4. The summed E-state index contributed by atoms with van der Waals surface area (Å²) in [4.78, 5) is 59.0. The van der Waals surface area contributed by atoms with E-state index in [1.165, 1.54) is 40.7 Å². The average Bonchev–Trinajstić information content (AvgIpc) is 3.38. The van der Waals surface area contributed by atoms with Gasteiger partial charge in [0.15, 0.2) is 0 Å². The molecule has 4 aromatic carbocycles. The number of hydrogen-bond donors (Lipinski definition) is 0. The molecule has 0 unspecified atom stereocenters. The van der Waals surface area contributed by atoms with Crippen LogP contribution in [0.1, 0.15) is 45.7 Å². The minimum Gasteiger partial charge on any atom is -0.455 e. The minimum atomic E-state index is -0.561. The van der Waals surface area contributed by atoms with Crippen LogP contribution in [0.25, 0.3) is 33.4 Å². The van der Waals surface area contributed by atoms with Gasteiger partial charge in [-0.2, -0.15) is 0 Å². The maximum Gasteiger partial charge on any atom is 0.308 e. The van der Waals surface area contributed by atoms with Gasteiger partial charge in [-0.15, -0.1) is 0 Å². The van der Waals surface area contributed by atoms with Gasteiger partial charge in [0, 0.05) is 62.8 Å². The Morgan fingerprint density at radius 3 is 1.59 bits per heavy atom. The Bertz CT molecular complexity index is 2020. The zero-order chi connectivity index (χ0) is 35.2. The van der Waals surface area contributed by atoms with Crippen LogP contribution in [0.15, 0.2) is 83.3 Å². The highest BCUT2D eigenvalue weighted by Gasteiger charge is 2.22. The van der Waals surface area contributed by atoms with Crippen LogP contribution in [0.3, 0.4) is 0 Å². The largest absolute Gasteiger partial charge is 0.455 e. The third-order valence-electron chi connectivity index (χ3n) is 7.08. The Kier molecular flexibility index (Phi) is 10.2. The number of carbonyl (C=O) groups excluding carboxylic acids is 5. The van der Waals surface area contributed by atoms with Gasteiger partial charge in [-0.1, -0.05) is 12.1 Å². The molecule has 5 aromatic rings. The van der Waals surface area contributed by atoms with Gasteiger partial charge >= 0.3 is 29.8 Å². The summed E-state index contributed by atoms with van der Waals surface area (Å²) >= 11 is 0. The van der Waals surface area contributed by atoms with Crippen molar-refractivity contribution in [3.63, 3.8) is 0 Å². The zero-order valence-electron chi connectivity index (χ0n) is 27.4. The first kappa shape index (κ1) is 34.1. The summed E-state index contributed by atoms with van der Waals surface area (Å²) in [5, 5.41) is 0.693. The molecule has 0 radical (unpaired) electrons. The van der Waals surface area contributed by atoms with Crippen molar-refractivity contribution in [1.29, 1.82) is 0 Å². The van der Waals surface area contributed by atoms with Crippen LogP contribution < -0.4 is 23.7 Å². The fraction of sp³-hybridized carbons (Fsp3) is 0.184. The maximum absolute atomic E-state index is 11.9. The van der Waals surface area contributed by atoms with E-state index >= 15 is 0 Å². The molecule has 0 saturated carbocycles. The van der Waals surface area contributed by atoms with Crippen LogP contribution in [0.5, 0.6) is 28.7 Å². The molecule has 1 heterocycles. The summed E-state index contributed by atoms with van der Waals surface area (Å²) in [5.74, 6) is -0.910. The first-order valence-corrected chi connectivity index (χ1v) is 15.2. The third-order valence-corrected chi connectivity index (χ3v) is 7.08. The second-order valence-electron chi connectivity index (χ2n) is 11.1. The van der Waals surface area contributed by atoms with Crippen LogP contribution >= 0.6 is 0 Å². The lowest BCUT2D eigenvalue weighted by molar-refractivity contribution is -0.133. The van der Waals surface area contributed by atoms with Crippen molar-refractivity contribution < 1.29 is 52.1 Å². The smallest absolute Gasteiger partial charge is 0.308 e. The van der Waals surface area contributed by atoms with Crippen molar-refractivity contribution in [2.24, 2.45) is 0 Å². The predicted octanol–water partition coefficient (Wildman–Crippen LogP) is 7.18. The van der Waals surface area contributed by atoms with Crippen LogP contribution in [0, 0.1) is 0 Å². The highest BCUT2D eigenvalue weighted by Crippen LogP contribution is 2.44. The predicted molar refractivity (Wildman–Crippen MR) is 177 cm³/mol. The van der Waals surface area contributed by atoms with Gasteiger partial charge in [0.1, 0.15) is 40.1 Å². The minimum absolute atomic E-state index is 0.156. The fourth-order valence-corrected chi connectivity index (χ4v) is 5.36. The number of esters is 5. The molecule has 250 valence electrons. The quantitative estimate of drug-likeness (QED) is 0.111. The van der Waals surface area contributed by atoms with E-state index in [2.05, 4.69) is 0 Å². The molecule has 1 aromatic heterocycles. The summed E-state index contributed by atoms with van der Waals surface area (Å²) in [5.41, 5.74) is 3.74. The summed E-state index contributed by atoms with van der Waals surface area (Å²) in [6, 6.07) is 22.0. The molecule has 0 saturated heterocycles. The first-order valence-electron chi connectivity index (χ1n) is 15.2. The molecule has 0 atom stereocenters. The van der Waals surface area contributed by atoms with Gasteiger partial charge < -0.3 is 28.1 Å². The molecule has 11 nitrogen and oxygen atoms in total. The monoisotopic (exact) mass is 664 g/mol. The summed E-state index contributed by atoms with van der Waals surface area (Å²) in [6.45, 7) is 6.43. The van der Waals surface area contributed by atoms with Crippen LogP contribution in [-0.2, 0) is 36.8 Å². The number of hydrogen-bond acceptors (Lipinski definition) is 11. The van der Waals surface area contributed by atoms with Crippen molar-refractivity contribution in [3.8, 4) is 51.2 Å². The van der Waals surface area contributed by atoms with Crippen molar-refractivity contribution in [3.05, 3.63) is 90.0 Å². The van der Waals surface area contributed by atoms with Gasteiger partial charge in [0.25, 0.3) is 0 Å². The van der Waals surface area contributed by atoms with E-state index in [1.54, 1.807) is 54.6 Å². The normalized spacial score (nSPS) is 10.7. The molecule has 0 aliphatic carbocycles. The molecule has 0 N–H and O–H groups in total. The average molecular weight is 665 g/mol. The van der Waals surface area contributed by atoms with Gasteiger partial charge in [-0.05, 0) is 84.6 Å². The van der Waals surface area contributed by atoms with Gasteiger partial charge in [-0.25, -0.2) is 0 Å². The van der Waals surface area contributed by atoms with E-state index in [4.69, 9.17) is 28.1 Å². The number of rotatable bonds is 10. The van der Waals surface area contributed by atoms with E-state index in [1.807, 2.05) is 18.2 Å². The van der Waals surface area contributed by atoms with Gasteiger partial charge in [0.2, 0.25) is 0 Å². The highest BCUT2D eigenvalue weighted by atomic mass is 16.6. The number of benzene rings is 4. The van der Waals surface area contributed by atoms with Gasteiger partial charge in [-0.3, -0.25) is 24.0 Å². The molecule has 0 spiro atoms. The maximum atomic E-state index is 11.9. The Morgan fingerprint density at radius 2 is 1.06 bits per heavy atom. The van der Waals surface area contributed by atoms with Crippen molar-refractivity contribution in [1.82, 2.24) is 0 Å². The van der Waals surface area contributed by atoms with Crippen LogP contribution in [-0.4, -0.2) is 29.8 Å². The molecular formula is C38H32O11. The lowest BCUT2D eigenvalue weighted by Gasteiger charge is -2.14. The van der Waals surface area contributed by atoms with Crippen molar-refractivity contribution in [2.75, 3.05) is 0 Å². The Labute approximate surface area is 281 Å². The zero-order valence-corrected chi connectivity index (χ0v) is 27.4. The van der Waals surface area contributed by atoms with E-state index in [9.17, 15) is 24.0 Å². The molecule has 5 rings (SSSR count). The molecule has 0 aliphatic heterocycles. The van der Waals surface area contributed by atoms with Crippen LogP contribution in [0.2, 0.25) is 0 Å². The Morgan fingerprint density at radius 1 is 0.531 bits per heavy atom. The van der Waals surface area contributed by atoms with Crippen LogP contribution in [0.4, 0.5) is 0 Å². The second-order valence-corrected chi connectivity index (χ2v) is 11.1. The number of fused-ring (bicyclic) bond motifs is 1. The molecule has 0 bridgehead atoms. The summed E-state index contributed by atoms with van der Waals surface area (Å²) in [7, 11) is 0. The summed E-state index contributed by atoms with van der Waals surface area (Å²) in [6.07, 6.45) is 0.805. The molecule has 0 amide bonds. The number of furan rings is 1. The molecule has 11 heteroatoms. The Balaban J connectivity index is 1.64. The summed E-state index contributed by atoms with van der Waals surface area (Å²) < 4.78 is 33.2. The number of aryl methyl sites for hydroxylation is 1. The third kappa shape index (κ3) is 8.58. The van der Waals surface area contributed by atoms with E-state index in [0.29, 0.717) is 57.6 Å². The SMILES string of the molecule is CC(=O)Oc1ccc(-c2oc3ccc(CCc4c(OC(C)=O)cccc4OC(C)=O)cc3c2-c2cc(OC(C)=O)cc(OC(C)=O)c2)cc1.